The van der Waals surface area contributed by atoms with Crippen LogP contribution in [0.4, 0.5) is 10.5 Å². The number of nitrogens with zero attached hydrogens (tertiary/aromatic N) is 5. The van der Waals surface area contributed by atoms with Crippen LogP contribution in [0.2, 0.25) is 0 Å². The molecule has 0 aliphatic carbocycles. The summed E-state index contributed by atoms with van der Waals surface area (Å²) >= 11 is 0. The van der Waals surface area contributed by atoms with Crippen LogP contribution >= 0.6 is 0 Å². The molecule has 3 saturated heterocycles. The first kappa shape index (κ1) is 28.2. The van der Waals surface area contributed by atoms with Crippen LogP contribution in [-0.2, 0) is 17.8 Å². The number of aromatic nitrogens is 1. The second-order valence-corrected chi connectivity index (χ2v) is 12.4. The number of urea groups is 1. The summed E-state index contributed by atoms with van der Waals surface area (Å²) in [5, 5.41) is 12.6. The van der Waals surface area contributed by atoms with Crippen molar-refractivity contribution in [2.24, 2.45) is 5.92 Å². The second-order valence-electron chi connectivity index (χ2n) is 12.4. The molecule has 9 heteroatoms. The maximum Gasteiger partial charge on any atom is 0.328 e. The minimum atomic E-state index is -0.935. The van der Waals surface area contributed by atoms with Crippen LogP contribution in [-0.4, -0.2) is 83.1 Å². The van der Waals surface area contributed by atoms with Crippen molar-refractivity contribution < 1.29 is 19.4 Å². The first-order chi connectivity index (χ1) is 21.3. The number of benzene rings is 3. The summed E-state index contributed by atoms with van der Waals surface area (Å²) in [6, 6.07) is 21.5. The summed E-state index contributed by atoms with van der Waals surface area (Å²) in [6.45, 7) is 2.02. The van der Waals surface area contributed by atoms with Gasteiger partial charge in [0.2, 0.25) is 0 Å². The molecule has 3 fully saturated rings. The third-order valence-corrected chi connectivity index (χ3v) is 9.72. The number of methoxy groups -OCH3 is 1. The van der Waals surface area contributed by atoms with E-state index in [9.17, 15) is 14.7 Å². The lowest BCUT2D eigenvalue weighted by Gasteiger charge is -2.32. The molecule has 3 atom stereocenters. The van der Waals surface area contributed by atoms with E-state index in [1.807, 2.05) is 49.3 Å². The van der Waals surface area contributed by atoms with Gasteiger partial charge >= 0.3 is 6.03 Å². The smallest absolute Gasteiger partial charge is 0.328 e. The summed E-state index contributed by atoms with van der Waals surface area (Å²) in [5.74, 6) is 0.396. The number of carbonyl (C=O) groups is 2. The van der Waals surface area contributed by atoms with Gasteiger partial charge in [-0.05, 0) is 65.3 Å². The highest BCUT2D eigenvalue weighted by Gasteiger charge is 2.70. The number of phenolic OH excluding ortho intramolecular Hbond substituents is 1. The second kappa shape index (κ2) is 10.8. The van der Waals surface area contributed by atoms with Crippen LogP contribution in [0.15, 0.2) is 79.1 Å². The largest absolute Gasteiger partial charge is 0.504 e. The fourth-order valence-corrected chi connectivity index (χ4v) is 7.75. The molecule has 3 amide bonds. The van der Waals surface area contributed by atoms with E-state index in [0.29, 0.717) is 44.8 Å². The average molecular weight is 592 g/mol. The molecule has 0 unspecified atom stereocenters. The van der Waals surface area contributed by atoms with Crippen molar-refractivity contribution in [2.75, 3.05) is 45.7 Å². The third-order valence-electron chi connectivity index (χ3n) is 9.72. The Balaban J connectivity index is 1.25. The van der Waals surface area contributed by atoms with E-state index < -0.39 is 5.54 Å². The van der Waals surface area contributed by atoms with E-state index >= 15 is 0 Å². The van der Waals surface area contributed by atoms with Crippen LogP contribution in [0.3, 0.4) is 0 Å². The van der Waals surface area contributed by atoms with Gasteiger partial charge in [-0.15, -0.1) is 0 Å². The summed E-state index contributed by atoms with van der Waals surface area (Å²) in [7, 11) is 5.61. The normalized spacial score (nSPS) is 23.0. The number of phenols is 1. The molecule has 0 bridgehead atoms. The molecule has 44 heavy (non-hydrogen) atoms. The highest BCUT2D eigenvalue weighted by atomic mass is 16.5. The summed E-state index contributed by atoms with van der Waals surface area (Å²) in [6.07, 6.45) is 4.76. The fraction of sp³-hybridized carbons (Fsp3) is 0.343. The molecule has 3 aliphatic heterocycles. The highest BCUT2D eigenvalue weighted by molar-refractivity contribution is 6.09. The van der Waals surface area contributed by atoms with Crippen molar-refractivity contribution >= 4 is 28.4 Å². The summed E-state index contributed by atoms with van der Waals surface area (Å²) in [4.78, 5) is 40.7. The van der Waals surface area contributed by atoms with E-state index in [1.165, 1.54) is 12.0 Å². The Labute approximate surface area is 257 Å². The Morgan fingerprint density at radius 3 is 2.50 bits per heavy atom. The number of imide groups is 1. The number of anilines is 1. The lowest BCUT2D eigenvalue weighted by Crippen LogP contribution is -2.51. The van der Waals surface area contributed by atoms with Gasteiger partial charge in [-0.1, -0.05) is 36.4 Å². The van der Waals surface area contributed by atoms with Gasteiger partial charge in [0.15, 0.2) is 11.5 Å². The number of ether oxygens (including phenoxy) is 1. The first-order valence-electron chi connectivity index (χ1n) is 15.1. The molecule has 226 valence electrons. The zero-order chi connectivity index (χ0) is 30.6. The molecular formula is C35H37N5O4. The number of aromatic hydroxyl groups is 1. The van der Waals surface area contributed by atoms with Gasteiger partial charge in [-0.3, -0.25) is 19.6 Å². The number of fused-ring (bicyclic) bond motifs is 1. The van der Waals surface area contributed by atoms with Gasteiger partial charge in [-0.2, -0.15) is 0 Å². The number of pyridine rings is 1. The molecule has 7 rings (SSSR count). The Bertz CT molecular complexity index is 1740. The molecule has 4 aromatic rings. The lowest BCUT2D eigenvalue weighted by atomic mass is 9.87. The maximum absolute atomic E-state index is 14.5. The fourth-order valence-electron chi connectivity index (χ4n) is 7.75. The summed E-state index contributed by atoms with van der Waals surface area (Å²) < 4.78 is 5.22. The molecule has 1 spiro atoms. The molecule has 1 N–H and O–H groups in total. The number of carbonyl (C=O) groups excluding carboxylic acids is 2. The standard InChI is InChI=1S/C35H37N5O4/c1-37(2)29-10-9-28(26-6-4-5-7-27(26)29)30-19-25-21-38(20-24-8-11-32(44-3)31(41)18-24)22-35(25)33(42)39(34(43)40(30)35)17-14-23-12-15-36-16-13-23/h4-13,15-16,18,25,30,41H,14,17,19-22H2,1-3H3/t25-,30-,35+/m1/s1. The quantitative estimate of drug-likeness (QED) is 0.294. The van der Waals surface area contributed by atoms with Crippen molar-refractivity contribution in [3.8, 4) is 11.5 Å². The topological polar surface area (TPSA) is 89.5 Å². The SMILES string of the molecule is COc1ccc(CN2C[C@H]3C[C@H](c4ccc(N(C)C)c5ccccc45)N4C(=O)N(CCc5ccncc5)C(=O)[C@]34C2)cc1O. The van der Waals surface area contributed by atoms with E-state index in [1.54, 1.807) is 24.5 Å². The van der Waals surface area contributed by atoms with Gasteiger partial charge in [0.1, 0.15) is 5.54 Å². The zero-order valence-corrected chi connectivity index (χ0v) is 25.3. The molecule has 0 saturated carbocycles. The van der Waals surface area contributed by atoms with Gasteiger partial charge < -0.3 is 19.6 Å². The number of likely N-dealkylation sites (tertiary alicyclic amines) is 1. The predicted octanol–water partition coefficient (Wildman–Crippen LogP) is 4.84. The first-order valence-corrected chi connectivity index (χ1v) is 15.1. The predicted molar refractivity (Wildman–Crippen MR) is 169 cm³/mol. The number of hydrogen-bond acceptors (Lipinski definition) is 7. The number of rotatable bonds is 8. The van der Waals surface area contributed by atoms with E-state index in [-0.39, 0.29) is 29.6 Å². The molecule has 0 radical (unpaired) electrons. The Kier molecular flexibility index (Phi) is 6.93. The van der Waals surface area contributed by atoms with Crippen LogP contribution in [0, 0.1) is 5.92 Å². The Morgan fingerprint density at radius 1 is 1.00 bits per heavy atom. The molecular weight excluding hydrogens is 554 g/mol. The van der Waals surface area contributed by atoms with Gasteiger partial charge in [0.05, 0.1) is 13.2 Å². The van der Waals surface area contributed by atoms with Crippen molar-refractivity contribution in [3.05, 3.63) is 95.8 Å². The van der Waals surface area contributed by atoms with Crippen molar-refractivity contribution in [3.63, 3.8) is 0 Å². The van der Waals surface area contributed by atoms with Crippen LogP contribution in [0.5, 0.6) is 11.5 Å². The van der Waals surface area contributed by atoms with Crippen LogP contribution in [0.25, 0.3) is 10.8 Å². The summed E-state index contributed by atoms with van der Waals surface area (Å²) in [5.41, 5.74) is 3.24. The van der Waals surface area contributed by atoms with Crippen molar-refractivity contribution in [2.45, 2.75) is 31.0 Å². The maximum atomic E-state index is 14.5. The number of amides is 3. The van der Waals surface area contributed by atoms with E-state index in [4.69, 9.17) is 4.74 Å². The molecule has 4 heterocycles. The van der Waals surface area contributed by atoms with Crippen molar-refractivity contribution in [1.82, 2.24) is 19.7 Å². The Morgan fingerprint density at radius 2 is 1.77 bits per heavy atom. The van der Waals surface area contributed by atoms with Gasteiger partial charge in [0.25, 0.3) is 5.91 Å². The number of hydrogen-bond donors (Lipinski definition) is 1. The monoisotopic (exact) mass is 591 g/mol. The highest BCUT2D eigenvalue weighted by Crippen LogP contribution is 2.56. The van der Waals surface area contributed by atoms with Gasteiger partial charge in [0, 0.05) is 69.7 Å². The molecule has 3 aliphatic rings. The molecule has 1 aromatic heterocycles. The molecule has 9 nitrogen and oxygen atoms in total. The van der Waals surface area contributed by atoms with Crippen molar-refractivity contribution in [1.29, 1.82) is 0 Å². The van der Waals surface area contributed by atoms with Crippen LogP contribution in [0.1, 0.15) is 29.2 Å². The van der Waals surface area contributed by atoms with E-state index in [2.05, 4.69) is 39.0 Å². The minimum absolute atomic E-state index is 0.0194. The van der Waals surface area contributed by atoms with Gasteiger partial charge in [-0.25, -0.2) is 4.79 Å². The van der Waals surface area contributed by atoms with Crippen LogP contribution < -0.4 is 9.64 Å². The average Bonchev–Trinajstić information content (AvgIpc) is 3.60. The Hall–Kier alpha value is -4.63. The third kappa shape index (κ3) is 4.37. The molecule has 3 aromatic carbocycles. The zero-order valence-electron chi connectivity index (χ0n) is 25.3. The lowest BCUT2D eigenvalue weighted by molar-refractivity contribution is -0.133. The van der Waals surface area contributed by atoms with E-state index in [0.717, 1.165) is 33.2 Å². The minimum Gasteiger partial charge on any atom is -0.504 e.